The van der Waals surface area contributed by atoms with Gasteiger partial charge in [0.15, 0.2) is 0 Å². The van der Waals surface area contributed by atoms with Gasteiger partial charge >= 0.3 is 0 Å². The summed E-state index contributed by atoms with van der Waals surface area (Å²) in [6, 6.07) is 3.29. The average molecular weight is 327 g/mol. The van der Waals surface area contributed by atoms with Gasteiger partial charge in [-0.25, -0.2) is 9.97 Å². The lowest BCUT2D eigenvalue weighted by Gasteiger charge is -2.17. The van der Waals surface area contributed by atoms with Crippen molar-refractivity contribution in [2.75, 3.05) is 18.4 Å². The number of imidazole rings is 1. The Kier molecular flexibility index (Phi) is 4.33. The smallest absolute Gasteiger partial charge is 0.254 e. The third kappa shape index (κ3) is 3.29. The highest BCUT2D eigenvalue weighted by atomic mass is 16.2. The molecule has 0 radical (unpaired) electrons. The van der Waals surface area contributed by atoms with Crippen molar-refractivity contribution in [2.45, 2.75) is 26.2 Å². The zero-order chi connectivity index (χ0) is 17.3. The summed E-state index contributed by atoms with van der Waals surface area (Å²) >= 11 is 0. The van der Waals surface area contributed by atoms with Crippen molar-refractivity contribution in [3.05, 3.63) is 41.6 Å². The molecule has 126 valence electrons. The van der Waals surface area contributed by atoms with Gasteiger partial charge in [-0.15, -0.1) is 0 Å². The minimum atomic E-state index is -0.210. The number of anilines is 1. The lowest BCUT2D eigenvalue weighted by Crippen LogP contribution is -2.28. The Morgan fingerprint density at radius 1 is 1.38 bits per heavy atom. The fraction of sp³-hybridized carbons (Fsp3) is 0.412. The molecule has 1 N–H and O–H groups in total. The van der Waals surface area contributed by atoms with Gasteiger partial charge in [0.2, 0.25) is 5.91 Å². The Balaban J connectivity index is 1.72. The van der Waals surface area contributed by atoms with E-state index in [0.717, 1.165) is 17.9 Å². The van der Waals surface area contributed by atoms with Crippen LogP contribution in [0.25, 0.3) is 0 Å². The summed E-state index contributed by atoms with van der Waals surface area (Å²) in [7, 11) is 1.99. The van der Waals surface area contributed by atoms with E-state index < -0.39 is 0 Å². The first-order chi connectivity index (χ1) is 11.4. The Bertz CT molecular complexity index is 783. The van der Waals surface area contributed by atoms with Crippen LogP contribution in [0.5, 0.6) is 0 Å². The van der Waals surface area contributed by atoms with E-state index in [4.69, 9.17) is 0 Å². The molecular weight excluding hydrogens is 306 g/mol. The van der Waals surface area contributed by atoms with Crippen molar-refractivity contribution in [1.82, 2.24) is 19.4 Å². The summed E-state index contributed by atoms with van der Waals surface area (Å²) in [5, 5.41) is 2.60. The van der Waals surface area contributed by atoms with E-state index in [9.17, 15) is 9.59 Å². The van der Waals surface area contributed by atoms with Gasteiger partial charge in [-0.1, -0.05) is 0 Å². The molecule has 24 heavy (non-hydrogen) atoms. The molecule has 0 aliphatic carbocycles. The number of hydrogen-bond acceptors (Lipinski definition) is 4. The molecule has 1 atom stereocenters. The van der Waals surface area contributed by atoms with Gasteiger partial charge in [0.25, 0.3) is 5.91 Å². The van der Waals surface area contributed by atoms with E-state index in [1.807, 2.05) is 29.6 Å². The van der Waals surface area contributed by atoms with Crippen molar-refractivity contribution < 1.29 is 9.59 Å². The van der Waals surface area contributed by atoms with E-state index in [-0.39, 0.29) is 17.7 Å². The molecule has 0 aromatic carbocycles. The van der Waals surface area contributed by atoms with Crippen molar-refractivity contribution in [2.24, 2.45) is 7.05 Å². The number of carbonyl (C=O) groups is 2. The number of nitrogens with one attached hydrogen (secondary N) is 1. The second-order valence-electron chi connectivity index (χ2n) is 6.20. The van der Waals surface area contributed by atoms with Gasteiger partial charge in [-0.05, 0) is 25.5 Å². The molecular formula is C17H21N5O2. The molecule has 0 bridgehead atoms. The van der Waals surface area contributed by atoms with E-state index in [1.165, 1.54) is 13.1 Å². The predicted octanol–water partition coefficient (Wildman–Crippen LogP) is 1.71. The molecule has 2 aromatic rings. The van der Waals surface area contributed by atoms with Gasteiger partial charge in [-0.3, -0.25) is 9.59 Å². The van der Waals surface area contributed by atoms with E-state index in [2.05, 4.69) is 15.3 Å². The summed E-state index contributed by atoms with van der Waals surface area (Å²) in [5.74, 6) is 1.42. The van der Waals surface area contributed by atoms with Crippen molar-refractivity contribution in [3.63, 3.8) is 0 Å². The largest absolute Gasteiger partial charge is 0.338 e. The lowest BCUT2D eigenvalue weighted by molar-refractivity contribution is -0.114. The highest BCUT2D eigenvalue weighted by Crippen LogP contribution is 2.27. The predicted molar refractivity (Wildman–Crippen MR) is 89.7 cm³/mol. The van der Waals surface area contributed by atoms with Crippen LogP contribution in [-0.2, 0) is 11.8 Å². The third-order valence-corrected chi connectivity index (χ3v) is 4.18. The number of amides is 2. The van der Waals surface area contributed by atoms with Crippen LogP contribution in [-0.4, -0.2) is 44.3 Å². The molecule has 7 nitrogen and oxygen atoms in total. The van der Waals surface area contributed by atoms with Crippen molar-refractivity contribution in [1.29, 1.82) is 0 Å². The second-order valence-corrected chi connectivity index (χ2v) is 6.20. The first-order valence-electron chi connectivity index (χ1n) is 7.97. The maximum atomic E-state index is 12.7. The monoisotopic (exact) mass is 327 g/mol. The lowest BCUT2D eigenvalue weighted by atomic mass is 10.1. The maximum absolute atomic E-state index is 12.7. The molecule has 3 heterocycles. The fourth-order valence-electron chi connectivity index (χ4n) is 3.16. The number of likely N-dealkylation sites (tertiary alicyclic amines) is 1. The Morgan fingerprint density at radius 3 is 2.83 bits per heavy atom. The first kappa shape index (κ1) is 16.2. The number of carbonyl (C=O) groups excluding carboxylic acids is 2. The fourth-order valence-corrected chi connectivity index (χ4v) is 3.16. The van der Waals surface area contributed by atoms with E-state index in [0.29, 0.717) is 24.5 Å². The number of nitrogens with zero attached hydrogens (tertiary/aromatic N) is 4. The standard InChI is InChI=1S/C17H21N5O2/c1-11-9-21(3)16(19-11)14-5-7-22(10-14)17(24)13-4-6-18-15(8-13)20-12(2)23/h4,6,8-9,14H,5,7,10H2,1-3H3,(H,18,20,23)/t14-/m1/s1. The molecule has 0 spiro atoms. The van der Waals surface area contributed by atoms with Crippen LogP contribution in [0.1, 0.15) is 41.1 Å². The van der Waals surface area contributed by atoms with E-state index in [1.54, 1.807) is 12.1 Å². The zero-order valence-corrected chi connectivity index (χ0v) is 14.1. The van der Waals surface area contributed by atoms with Crippen LogP contribution in [0.4, 0.5) is 5.82 Å². The van der Waals surface area contributed by atoms with Gasteiger partial charge in [0.1, 0.15) is 11.6 Å². The molecule has 1 aliphatic rings. The minimum absolute atomic E-state index is 0.0440. The molecule has 2 amide bonds. The van der Waals surface area contributed by atoms with Gasteiger partial charge in [0, 0.05) is 50.9 Å². The molecule has 1 fully saturated rings. The van der Waals surface area contributed by atoms with E-state index >= 15 is 0 Å². The SMILES string of the molecule is CC(=O)Nc1cc(C(=O)N2CC[C@@H](c3nc(C)cn3C)C2)ccn1. The molecule has 1 saturated heterocycles. The molecule has 2 aromatic heterocycles. The summed E-state index contributed by atoms with van der Waals surface area (Å²) < 4.78 is 2.04. The minimum Gasteiger partial charge on any atom is -0.338 e. The highest BCUT2D eigenvalue weighted by molar-refractivity contribution is 5.96. The Hall–Kier alpha value is -2.70. The summed E-state index contributed by atoms with van der Waals surface area (Å²) in [6.07, 6.45) is 4.44. The molecule has 1 aliphatic heterocycles. The van der Waals surface area contributed by atoms with Crippen LogP contribution in [0, 0.1) is 6.92 Å². The number of pyridine rings is 1. The molecule has 3 rings (SSSR count). The Morgan fingerprint density at radius 2 is 2.17 bits per heavy atom. The summed E-state index contributed by atoms with van der Waals surface area (Å²) in [6.45, 7) is 4.74. The average Bonchev–Trinajstić information content (AvgIpc) is 3.12. The van der Waals surface area contributed by atoms with Gasteiger partial charge in [-0.2, -0.15) is 0 Å². The van der Waals surface area contributed by atoms with Crippen molar-refractivity contribution in [3.8, 4) is 0 Å². The third-order valence-electron chi connectivity index (χ3n) is 4.18. The van der Waals surface area contributed by atoms with Crippen LogP contribution < -0.4 is 5.32 Å². The summed E-state index contributed by atoms with van der Waals surface area (Å²) in [5.41, 5.74) is 1.52. The normalized spacial score (nSPS) is 17.1. The zero-order valence-electron chi connectivity index (χ0n) is 14.1. The topological polar surface area (TPSA) is 80.1 Å². The maximum Gasteiger partial charge on any atom is 0.254 e. The van der Waals surface area contributed by atoms with Crippen LogP contribution in [0.15, 0.2) is 24.5 Å². The molecule has 7 heteroatoms. The highest BCUT2D eigenvalue weighted by Gasteiger charge is 2.30. The summed E-state index contributed by atoms with van der Waals surface area (Å²) in [4.78, 5) is 34.3. The van der Waals surface area contributed by atoms with Crippen LogP contribution in [0.3, 0.4) is 0 Å². The van der Waals surface area contributed by atoms with Gasteiger partial charge in [0.05, 0.1) is 5.69 Å². The molecule has 0 saturated carbocycles. The van der Waals surface area contributed by atoms with Crippen LogP contribution >= 0.6 is 0 Å². The number of aromatic nitrogens is 3. The molecule has 0 unspecified atom stereocenters. The van der Waals surface area contributed by atoms with Crippen molar-refractivity contribution >= 4 is 17.6 Å². The Labute approximate surface area is 140 Å². The quantitative estimate of drug-likeness (QED) is 0.931. The first-order valence-corrected chi connectivity index (χ1v) is 7.97. The van der Waals surface area contributed by atoms with Crippen LogP contribution in [0.2, 0.25) is 0 Å². The number of rotatable bonds is 3. The van der Waals surface area contributed by atoms with Gasteiger partial charge < -0.3 is 14.8 Å². The number of aryl methyl sites for hydroxylation is 2. The number of hydrogen-bond donors (Lipinski definition) is 1. The second kappa shape index (κ2) is 6.43.